The van der Waals surface area contributed by atoms with Gasteiger partial charge >= 0.3 is 12.0 Å². The molecule has 1 heterocycles. The van der Waals surface area contributed by atoms with Crippen molar-refractivity contribution < 1.29 is 23.9 Å². The Balaban J connectivity index is 2.29. The van der Waals surface area contributed by atoms with E-state index in [0.29, 0.717) is 6.08 Å². The molecule has 0 radical (unpaired) electrons. The molecule has 1 aromatic heterocycles. The van der Waals surface area contributed by atoms with Gasteiger partial charge < -0.3 is 14.8 Å². The number of carbonyl (C=O) groups is 3. The normalized spacial score (nSPS) is 10.1. The summed E-state index contributed by atoms with van der Waals surface area (Å²) >= 11 is 0. The van der Waals surface area contributed by atoms with Gasteiger partial charge in [-0.3, -0.25) is 10.1 Å². The summed E-state index contributed by atoms with van der Waals surface area (Å²) in [6.45, 7) is 0.207. The van der Waals surface area contributed by atoms with Gasteiger partial charge in [0.25, 0.3) is 5.91 Å². The van der Waals surface area contributed by atoms with Crippen LogP contribution in [0.2, 0.25) is 0 Å². The first-order valence-corrected chi connectivity index (χ1v) is 4.59. The first-order chi connectivity index (χ1) is 8.08. The molecule has 0 saturated heterocycles. The lowest BCUT2D eigenvalue weighted by molar-refractivity contribution is -0.131. The summed E-state index contributed by atoms with van der Waals surface area (Å²) in [5.74, 6) is -2.07. The highest BCUT2D eigenvalue weighted by molar-refractivity contribution is 6.02. The second kappa shape index (κ2) is 6.11. The summed E-state index contributed by atoms with van der Waals surface area (Å²) in [4.78, 5) is 32.2. The molecule has 90 valence electrons. The van der Waals surface area contributed by atoms with Crippen molar-refractivity contribution in [3.05, 3.63) is 36.3 Å². The fraction of sp³-hybridized carbons (Fsp3) is 0.100. The molecule has 0 aliphatic heterocycles. The predicted molar refractivity (Wildman–Crippen MR) is 55.9 cm³/mol. The standard InChI is InChI=1S/C10H10N2O5/c13-8(1-2-9(14)15)12-10(16)11-5-7-3-4-17-6-7/h1-4,6H,5H2,(H,14,15)(H2,11,12,13,16)/b2-1+. The van der Waals surface area contributed by atoms with Crippen molar-refractivity contribution in [1.29, 1.82) is 0 Å². The molecular formula is C10H10N2O5. The van der Waals surface area contributed by atoms with Gasteiger partial charge in [-0.2, -0.15) is 0 Å². The number of urea groups is 1. The number of nitrogens with one attached hydrogen (secondary N) is 2. The minimum absolute atomic E-state index is 0.207. The molecule has 0 atom stereocenters. The summed E-state index contributed by atoms with van der Waals surface area (Å²) in [7, 11) is 0. The van der Waals surface area contributed by atoms with Gasteiger partial charge in [0, 0.05) is 24.3 Å². The van der Waals surface area contributed by atoms with Gasteiger partial charge in [0.15, 0.2) is 0 Å². The lowest BCUT2D eigenvalue weighted by Gasteiger charge is -2.02. The number of amides is 3. The van der Waals surface area contributed by atoms with Gasteiger partial charge in [-0.25, -0.2) is 9.59 Å². The van der Waals surface area contributed by atoms with Gasteiger partial charge in [-0.15, -0.1) is 0 Å². The maximum atomic E-state index is 11.1. The van der Waals surface area contributed by atoms with E-state index in [1.807, 2.05) is 5.32 Å². The molecule has 17 heavy (non-hydrogen) atoms. The van der Waals surface area contributed by atoms with Crippen LogP contribution in [0.15, 0.2) is 35.2 Å². The van der Waals surface area contributed by atoms with E-state index in [9.17, 15) is 14.4 Å². The molecule has 0 spiro atoms. The second-order valence-corrected chi connectivity index (χ2v) is 2.98. The van der Waals surface area contributed by atoms with Crippen LogP contribution in [0, 0.1) is 0 Å². The molecule has 0 aliphatic carbocycles. The van der Waals surface area contributed by atoms with E-state index in [1.54, 1.807) is 6.07 Å². The lowest BCUT2D eigenvalue weighted by Crippen LogP contribution is -2.38. The molecule has 0 saturated carbocycles. The quantitative estimate of drug-likeness (QED) is 0.651. The van der Waals surface area contributed by atoms with Crippen molar-refractivity contribution in [2.24, 2.45) is 0 Å². The Morgan fingerprint density at radius 3 is 2.71 bits per heavy atom. The molecule has 1 rings (SSSR count). The van der Waals surface area contributed by atoms with Crippen LogP contribution < -0.4 is 10.6 Å². The highest BCUT2D eigenvalue weighted by Crippen LogP contribution is 1.97. The maximum Gasteiger partial charge on any atom is 0.328 e. The molecule has 0 bridgehead atoms. The smallest absolute Gasteiger partial charge is 0.328 e. The zero-order valence-corrected chi connectivity index (χ0v) is 8.67. The summed E-state index contributed by atoms with van der Waals surface area (Å²) in [6, 6.07) is 0.943. The SMILES string of the molecule is O=C(O)/C=C/C(=O)NC(=O)NCc1ccoc1. The third-order valence-electron chi connectivity index (χ3n) is 1.65. The Labute approximate surface area is 96.1 Å². The van der Waals surface area contributed by atoms with E-state index >= 15 is 0 Å². The fourth-order valence-corrected chi connectivity index (χ4v) is 0.920. The Kier molecular flexibility index (Phi) is 4.49. The average Bonchev–Trinajstić information content (AvgIpc) is 2.76. The van der Waals surface area contributed by atoms with Crippen LogP contribution in [0.25, 0.3) is 0 Å². The van der Waals surface area contributed by atoms with Crippen molar-refractivity contribution >= 4 is 17.9 Å². The minimum atomic E-state index is -1.26. The van der Waals surface area contributed by atoms with Crippen LogP contribution >= 0.6 is 0 Å². The van der Waals surface area contributed by atoms with Gasteiger partial charge in [0.05, 0.1) is 12.5 Å². The Morgan fingerprint density at radius 2 is 2.12 bits per heavy atom. The number of hydrogen-bond donors (Lipinski definition) is 3. The van der Waals surface area contributed by atoms with Crippen LogP contribution in [0.4, 0.5) is 4.79 Å². The summed E-state index contributed by atoms with van der Waals surface area (Å²) in [5.41, 5.74) is 0.744. The molecule has 0 unspecified atom stereocenters. The number of aliphatic carboxylic acids is 1. The zero-order chi connectivity index (χ0) is 12.7. The predicted octanol–water partition coefficient (Wildman–Crippen LogP) is 0.246. The first-order valence-electron chi connectivity index (χ1n) is 4.59. The van der Waals surface area contributed by atoms with Gasteiger partial charge in [-0.1, -0.05) is 0 Å². The number of rotatable bonds is 4. The third-order valence-corrected chi connectivity index (χ3v) is 1.65. The van der Waals surface area contributed by atoms with Gasteiger partial charge in [0.1, 0.15) is 0 Å². The van der Waals surface area contributed by atoms with Crippen LogP contribution in [-0.4, -0.2) is 23.0 Å². The van der Waals surface area contributed by atoms with E-state index in [1.165, 1.54) is 12.5 Å². The highest BCUT2D eigenvalue weighted by atomic mass is 16.4. The first kappa shape index (κ1) is 12.5. The number of hydrogen-bond acceptors (Lipinski definition) is 4. The van der Waals surface area contributed by atoms with Crippen molar-refractivity contribution in [1.82, 2.24) is 10.6 Å². The number of furan rings is 1. The van der Waals surface area contributed by atoms with Crippen LogP contribution in [0.5, 0.6) is 0 Å². The Hall–Kier alpha value is -2.57. The third kappa shape index (κ3) is 5.17. The Morgan fingerprint density at radius 1 is 1.35 bits per heavy atom. The molecule has 3 amide bonds. The van der Waals surface area contributed by atoms with Crippen LogP contribution in [-0.2, 0) is 16.1 Å². The van der Waals surface area contributed by atoms with E-state index < -0.39 is 17.9 Å². The number of carbonyl (C=O) groups excluding carboxylic acids is 2. The molecule has 0 aromatic carbocycles. The summed E-state index contributed by atoms with van der Waals surface area (Å²) in [6.07, 6.45) is 4.29. The molecule has 0 aliphatic rings. The second-order valence-electron chi connectivity index (χ2n) is 2.98. The van der Waals surface area contributed by atoms with Crippen LogP contribution in [0.3, 0.4) is 0 Å². The molecule has 7 heteroatoms. The van der Waals surface area contributed by atoms with Crippen molar-refractivity contribution in [2.45, 2.75) is 6.54 Å². The lowest BCUT2D eigenvalue weighted by atomic mass is 10.3. The number of imide groups is 1. The van der Waals surface area contributed by atoms with Crippen molar-refractivity contribution in [2.75, 3.05) is 0 Å². The molecule has 0 fully saturated rings. The van der Waals surface area contributed by atoms with E-state index in [-0.39, 0.29) is 6.54 Å². The van der Waals surface area contributed by atoms with Gasteiger partial charge in [-0.05, 0) is 6.07 Å². The van der Waals surface area contributed by atoms with Crippen molar-refractivity contribution in [3.8, 4) is 0 Å². The largest absolute Gasteiger partial charge is 0.478 e. The molecular weight excluding hydrogens is 228 g/mol. The maximum absolute atomic E-state index is 11.1. The van der Waals surface area contributed by atoms with Crippen molar-refractivity contribution in [3.63, 3.8) is 0 Å². The monoisotopic (exact) mass is 238 g/mol. The van der Waals surface area contributed by atoms with E-state index in [2.05, 4.69) is 5.32 Å². The van der Waals surface area contributed by atoms with E-state index in [4.69, 9.17) is 9.52 Å². The Bertz CT molecular complexity index is 436. The molecule has 7 nitrogen and oxygen atoms in total. The summed E-state index contributed by atoms with van der Waals surface area (Å²) < 4.78 is 4.78. The summed E-state index contributed by atoms with van der Waals surface area (Å²) in [5, 5.41) is 12.6. The fourth-order valence-electron chi connectivity index (χ4n) is 0.920. The van der Waals surface area contributed by atoms with Crippen LogP contribution in [0.1, 0.15) is 5.56 Å². The van der Waals surface area contributed by atoms with Gasteiger partial charge in [0.2, 0.25) is 0 Å². The molecule has 3 N–H and O–H groups in total. The number of carboxylic acid groups (broad SMARTS) is 1. The minimum Gasteiger partial charge on any atom is -0.478 e. The average molecular weight is 238 g/mol. The van der Waals surface area contributed by atoms with E-state index in [0.717, 1.165) is 11.6 Å². The zero-order valence-electron chi connectivity index (χ0n) is 8.67. The highest BCUT2D eigenvalue weighted by Gasteiger charge is 2.04. The topological polar surface area (TPSA) is 109 Å². The number of carboxylic acids is 1. The molecule has 1 aromatic rings.